The van der Waals surface area contributed by atoms with Crippen LogP contribution in [0.4, 0.5) is 17.5 Å². The largest absolute Gasteiger partial charge is 0.394 e. The second kappa shape index (κ2) is 5.63. The summed E-state index contributed by atoms with van der Waals surface area (Å²) in [5.41, 5.74) is 6.44. The van der Waals surface area contributed by atoms with E-state index in [1.54, 1.807) is 4.90 Å². The van der Waals surface area contributed by atoms with Crippen molar-refractivity contribution in [2.45, 2.75) is 31.5 Å². The van der Waals surface area contributed by atoms with Gasteiger partial charge in [-0.05, 0) is 6.92 Å². The van der Waals surface area contributed by atoms with Gasteiger partial charge in [0.05, 0.1) is 13.3 Å². The highest BCUT2D eigenvalue weighted by Gasteiger charge is 2.48. The van der Waals surface area contributed by atoms with E-state index in [0.29, 0.717) is 29.4 Å². The molecule has 1 aromatic heterocycles. The van der Waals surface area contributed by atoms with Crippen LogP contribution in [0.25, 0.3) is 0 Å². The molecule has 3 heterocycles. The van der Waals surface area contributed by atoms with Crippen LogP contribution in [0.2, 0.25) is 0 Å². The van der Waals surface area contributed by atoms with E-state index in [1.807, 2.05) is 11.8 Å². The average Bonchev–Trinajstić information content (AvgIpc) is 2.98. The normalized spacial score (nSPS) is 30.9. The van der Waals surface area contributed by atoms with Crippen molar-refractivity contribution in [3.8, 4) is 0 Å². The number of H-pyrrole nitrogens is 1. The van der Waals surface area contributed by atoms with Crippen LogP contribution in [0, 0.1) is 4.64 Å². The molecule has 22 heavy (non-hydrogen) atoms. The fourth-order valence-electron chi connectivity index (χ4n) is 2.88. The minimum atomic E-state index is -1.16. The zero-order valence-electron chi connectivity index (χ0n) is 12.0. The first-order valence-corrected chi connectivity index (χ1v) is 7.42. The van der Waals surface area contributed by atoms with Gasteiger partial charge in [-0.2, -0.15) is 4.98 Å². The van der Waals surface area contributed by atoms with Crippen LogP contribution in [-0.2, 0) is 4.74 Å². The summed E-state index contributed by atoms with van der Waals surface area (Å²) in [5.74, 6) is 0.663. The lowest BCUT2D eigenvalue weighted by molar-refractivity contribution is -0.0222. The Morgan fingerprint density at radius 1 is 1.45 bits per heavy atom. The van der Waals surface area contributed by atoms with Crippen molar-refractivity contribution in [3.05, 3.63) is 4.64 Å². The van der Waals surface area contributed by atoms with Gasteiger partial charge >= 0.3 is 0 Å². The highest BCUT2D eigenvalue weighted by molar-refractivity contribution is 7.71. The summed E-state index contributed by atoms with van der Waals surface area (Å²) < 4.78 is 6.03. The molecule has 0 radical (unpaired) electrons. The van der Waals surface area contributed by atoms with Crippen molar-refractivity contribution in [3.63, 3.8) is 0 Å². The zero-order valence-corrected chi connectivity index (χ0v) is 12.8. The predicted octanol–water partition coefficient (Wildman–Crippen LogP) is -1.24. The Balaban J connectivity index is 2.00. The number of aromatic nitrogens is 2. The van der Waals surface area contributed by atoms with Gasteiger partial charge in [0.1, 0.15) is 28.6 Å². The molecule has 0 aromatic carbocycles. The summed E-state index contributed by atoms with van der Waals surface area (Å²) >= 11 is 5.30. The lowest BCUT2D eigenvalue weighted by Crippen LogP contribution is -2.46. The minimum absolute atomic E-state index is 0.165. The molecular weight excluding hydrogens is 310 g/mol. The summed E-state index contributed by atoms with van der Waals surface area (Å²) in [6.45, 7) is 2.67. The number of nitrogens with two attached hydrogens (primary N) is 1. The van der Waals surface area contributed by atoms with Crippen molar-refractivity contribution in [1.29, 1.82) is 0 Å². The maximum atomic E-state index is 10.2. The molecule has 9 nitrogen and oxygen atoms in total. The molecule has 1 aromatic rings. The monoisotopic (exact) mass is 329 g/mol. The van der Waals surface area contributed by atoms with Crippen LogP contribution in [0.5, 0.6) is 0 Å². The van der Waals surface area contributed by atoms with Crippen LogP contribution in [0.3, 0.4) is 0 Å². The standard InChI is InChI=1S/C12H19N5O4S/c1-2-16-4-17(9-6(16)10(22)15-12(13)14-9)11-8(20)7(19)5(3-18)21-11/h5,7-8,11,18-20H,2-4H2,1H3,(H3,13,14,15,22)/t5-,7-,8-,11-/m1/s1. The molecule has 0 saturated carbocycles. The molecule has 0 aliphatic carbocycles. The summed E-state index contributed by atoms with van der Waals surface area (Å²) in [7, 11) is 0. The Morgan fingerprint density at radius 2 is 2.18 bits per heavy atom. The number of aromatic amines is 1. The number of ether oxygens (including phenoxy) is 1. The van der Waals surface area contributed by atoms with Gasteiger partial charge in [0.2, 0.25) is 5.95 Å². The summed E-state index contributed by atoms with van der Waals surface area (Å²) in [6.07, 6.45) is -3.99. The van der Waals surface area contributed by atoms with Crippen LogP contribution in [0.15, 0.2) is 0 Å². The van der Waals surface area contributed by atoms with Crippen LogP contribution in [0.1, 0.15) is 6.92 Å². The number of nitrogen functional groups attached to an aromatic ring is 1. The Morgan fingerprint density at radius 3 is 2.77 bits per heavy atom. The van der Waals surface area contributed by atoms with E-state index in [4.69, 9.17) is 22.7 Å². The van der Waals surface area contributed by atoms with Crippen molar-refractivity contribution < 1.29 is 20.1 Å². The van der Waals surface area contributed by atoms with Gasteiger partial charge in [0.15, 0.2) is 12.0 Å². The number of rotatable bonds is 3. The third-order valence-electron chi connectivity index (χ3n) is 4.01. The van der Waals surface area contributed by atoms with E-state index in [1.165, 1.54) is 0 Å². The summed E-state index contributed by atoms with van der Waals surface area (Å²) in [5, 5.41) is 29.3. The first-order valence-electron chi connectivity index (χ1n) is 7.01. The number of nitrogens with zero attached hydrogens (tertiary/aromatic N) is 3. The SMILES string of the molecule is CCN1CN([C@@H]2O[C@H](CO)[C@@H](O)[C@H]2O)c2nc(N)[nH]c(=S)c21. The van der Waals surface area contributed by atoms with Crippen LogP contribution in [-0.4, -0.2) is 69.6 Å². The smallest absolute Gasteiger partial charge is 0.200 e. The Kier molecular flexibility index (Phi) is 3.95. The van der Waals surface area contributed by atoms with E-state index < -0.39 is 24.5 Å². The highest BCUT2D eigenvalue weighted by atomic mass is 32.1. The zero-order chi connectivity index (χ0) is 16.0. The highest BCUT2D eigenvalue weighted by Crippen LogP contribution is 2.39. The molecular formula is C12H19N5O4S. The molecule has 1 saturated heterocycles. The quantitative estimate of drug-likeness (QED) is 0.432. The second-order valence-electron chi connectivity index (χ2n) is 5.32. The number of aliphatic hydroxyl groups is 3. The van der Waals surface area contributed by atoms with Crippen LogP contribution >= 0.6 is 12.2 Å². The number of nitrogens with one attached hydrogen (secondary N) is 1. The molecule has 122 valence electrons. The molecule has 0 amide bonds. The van der Waals surface area contributed by atoms with Gasteiger partial charge in [-0.3, -0.25) is 0 Å². The molecule has 0 spiro atoms. The fourth-order valence-corrected chi connectivity index (χ4v) is 3.20. The number of hydrogen-bond acceptors (Lipinski definition) is 9. The Hall–Kier alpha value is -1.46. The number of fused-ring (bicyclic) bond motifs is 1. The van der Waals surface area contributed by atoms with E-state index in [0.717, 1.165) is 0 Å². The van der Waals surface area contributed by atoms with Gasteiger partial charge in [-0.15, -0.1) is 0 Å². The third-order valence-corrected chi connectivity index (χ3v) is 4.31. The molecule has 6 N–H and O–H groups in total. The van der Waals surface area contributed by atoms with E-state index in [2.05, 4.69) is 9.97 Å². The lowest BCUT2D eigenvalue weighted by atomic mass is 10.1. The molecule has 4 atom stereocenters. The third kappa shape index (κ3) is 2.23. The molecule has 0 bridgehead atoms. The first-order chi connectivity index (χ1) is 10.5. The summed E-state index contributed by atoms with van der Waals surface area (Å²) in [4.78, 5) is 10.7. The number of anilines is 3. The first kappa shape index (κ1) is 15.4. The van der Waals surface area contributed by atoms with Gasteiger partial charge in [-0.1, -0.05) is 12.2 Å². The van der Waals surface area contributed by atoms with Crippen LogP contribution < -0.4 is 15.5 Å². The summed E-state index contributed by atoms with van der Waals surface area (Å²) in [6, 6.07) is 0. The predicted molar refractivity (Wildman–Crippen MR) is 82.0 cm³/mol. The maximum absolute atomic E-state index is 10.2. The van der Waals surface area contributed by atoms with E-state index in [-0.39, 0.29) is 12.6 Å². The van der Waals surface area contributed by atoms with E-state index in [9.17, 15) is 15.3 Å². The molecule has 1 fully saturated rings. The van der Waals surface area contributed by atoms with Crippen molar-refractivity contribution in [1.82, 2.24) is 9.97 Å². The number of aliphatic hydroxyl groups excluding tert-OH is 3. The van der Waals surface area contributed by atoms with Crippen molar-refractivity contribution in [2.24, 2.45) is 0 Å². The van der Waals surface area contributed by atoms with Gasteiger partial charge in [-0.25, -0.2) is 0 Å². The number of hydrogen-bond donors (Lipinski definition) is 5. The van der Waals surface area contributed by atoms with Gasteiger partial charge in [0, 0.05) is 6.54 Å². The topological polar surface area (TPSA) is 131 Å². The maximum Gasteiger partial charge on any atom is 0.200 e. The lowest BCUT2D eigenvalue weighted by Gasteiger charge is -2.28. The second-order valence-corrected chi connectivity index (χ2v) is 5.73. The molecule has 2 aliphatic heterocycles. The molecule has 3 rings (SSSR count). The van der Waals surface area contributed by atoms with Crippen molar-refractivity contribution in [2.75, 3.05) is 35.4 Å². The minimum Gasteiger partial charge on any atom is -0.394 e. The van der Waals surface area contributed by atoms with E-state index >= 15 is 0 Å². The molecule has 10 heteroatoms. The fraction of sp³-hybridized carbons (Fsp3) is 0.667. The molecule has 2 aliphatic rings. The van der Waals surface area contributed by atoms with Gasteiger partial charge in [0.25, 0.3) is 0 Å². The van der Waals surface area contributed by atoms with Gasteiger partial charge < -0.3 is 40.6 Å². The van der Waals surface area contributed by atoms with Crippen molar-refractivity contribution >= 4 is 29.7 Å². The average molecular weight is 329 g/mol. The molecule has 0 unspecified atom stereocenters. The Bertz CT molecular complexity index is 626. The Labute approximate surface area is 131 Å².